The SMILES string of the molecule is CC(C)(C)OC(=O)N1C[C@@H](CCC(O)c2ccccc2)CC1(C)C. The zero-order valence-corrected chi connectivity index (χ0v) is 15.6. The van der Waals surface area contributed by atoms with E-state index in [1.165, 1.54) is 0 Å². The van der Waals surface area contributed by atoms with Gasteiger partial charge in [0.2, 0.25) is 0 Å². The minimum absolute atomic E-state index is 0.204. The van der Waals surface area contributed by atoms with Gasteiger partial charge in [0, 0.05) is 12.1 Å². The van der Waals surface area contributed by atoms with Crippen molar-refractivity contribution in [3.8, 4) is 0 Å². The van der Waals surface area contributed by atoms with Gasteiger partial charge in [0.25, 0.3) is 0 Å². The Hall–Kier alpha value is -1.55. The Labute approximate surface area is 145 Å². The summed E-state index contributed by atoms with van der Waals surface area (Å²) in [6, 6.07) is 9.75. The number of hydrogen-bond acceptors (Lipinski definition) is 3. The molecule has 4 nitrogen and oxygen atoms in total. The van der Waals surface area contributed by atoms with Crippen molar-refractivity contribution in [2.24, 2.45) is 5.92 Å². The van der Waals surface area contributed by atoms with Crippen LogP contribution in [0.1, 0.15) is 65.5 Å². The van der Waals surface area contributed by atoms with Crippen LogP contribution in [0.3, 0.4) is 0 Å². The van der Waals surface area contributed by atoms with Crippen molar-refractivity contribution in [2.45, 2.75) is 71.1 Å². The quantitative estimate of drug-likeness (QED) is 0.880. The molecule has 1 amide bonds. The molecule has 0 spiro atoms. The number of hydrogen-bond donors (Lipinski definition) is 1. The van der Waals surface area contributed by atoms with E-state index in [-0.39, 0.29) is 11.6 Å². The Bertz CT molecular complexity index is 548. The maximum atomic E-state index is 12.4. The zero-order chi connectivity index (χ0) is 18.0. The number of aliphatic hydroxyl groups is 1. The molecule has 0 aliphatic carbocycles. The summed E-state index contributed by atoms with van der Waals surface area (Å²) in [4.78, 5) is 14.3. The first-order valence-corrected chi connectivity index (χ1v) is 8.82. The summed E-state index contributed by atoms with van der Waals surface area (Å²) in [7, 11) is 0. The van der Waals surface area contributed by atoms with Crippen LogP contribution in [0, 0.1) is 5.92 Å². The molecule has 1 unspecified atom stereocenters. The Morgan fingerprint density at radius 1 is 1.33 bits per heavy atom. The fraction of sp³-hybridized carbons (Fsp3) is 0.650. The standard InChI is InChI=1S/C20H31NO3/c1-19(2,3)24-18(23)21-14-15(13-20(21,4)5)11-12-17(22)16-9-7-6-8-10-16/h6-10,15,17,22H,11-14H2,1-5H3/t15-,17?/m0/s1. The molecule has 24 heavy (non-hydrogen) atoms. The molecule has 0 aromatic heterocycles. The molecular formula is C20H31NO3. The molecule has 1 aliphatic rings. The number of amides is 1. The number of ether oxygens (including phenoxy) is 1. The van der Waals surface area contributed by atoms with E-state index in [4.69, 9.17) is 4.74 Å². The fourth-order valence-corrected chi connectivity index (χ4v) is 3.45. The van der Waals surface area contributed by atoms with Gasteiger partial charge < -0.3 is 14.7 Å². The number of nitrogens with zero attached hydrogens (tertiary/aromatic N) is 1. The first kappa shape index (κ1) is 18.8. The highest BCUT2D eigenvalue weighted by molar-refractivity contribution is 5.69. The monoisotopic (exact) mass is 333 g/mol. The molecule has 2 atom stereocenters. The van der Waals surface area contributed by atoms with Gasteiger partial charge in [-0.2, -0.15) is 0 Å². The number of likely N-dealkylation sites (tertiary alicyclic amines) is 1. The smallest absolute Gasteiger partial charge is 0.410 e. The molecule has 0 bridgehead atoms. The molecule has 1 aliphatic heterocycles. The maximum absolute atomic E-state index is 12.4. The van der Waals surface area contributed by atoms with E-state index in [1.807, 2.05) is 56.0 Å². The summed E-state index contributed by atoms with van der Waals surface area (Å²) in [6.07, 6.45) is 1.88. The Balaban J connectivity index is 1.91. The van der Waals surface area contributed by atoms with Crippen LogP contribution in [0.15, 0.2) is 30.3 Å². The highest BCUT2D eigenvalue weighted by Crippen LogP contribution is 2.37. The second-order valence-corrected chi connectivity index (χ2v) is 8.48. The predicted octanol–water partition coefficient (Wildman–Crippen LogP) is 4.54. The average molecular weight is 333 g/mol. The minimum Gasteiger partial charge on any atom is -0.444 e. The normalized spacial score (nSPS) is 21.6. The highest BCUT2D eigenvalue weighted by atomic mass is 16.6. The second-order valence-electron chi connectivity index (χ2n) is 8.48. The van der Waals surface area contributed by atoms with E-state index in [9.17, 15) is 9.90 Å². The van der Waals surface area contributed by atoms with Gasteiger partial charge >= 0.3 is 6.09 Å². The Morgan fingerprint density at radius 2 is 1.96 bits per heavy atom. The van der Waals surface area contributed by atoms with E-state index < -0.39 is 11.7 Å². The highest BCUT2D eigenvalue weighted by Gasteiger charge is 2.42. The van der Waals surface area contributed by atoms with E-state index in [0.29, 0.717) is 18.9 Å². The number of aliphatic hydroxyl groups excluding tert-OH is 1. The lowest BCUT2D eigenvalue weighted by atomic mass is 9.91. The van der Waals surface area contributed by atoms with Crippen LogP contribution in [0.5, 0.6) is 0 Å². The molecule has 1 saturated heterocycles. The van der Waals surface area contributed by atoms with E-state index in [0.717, 1.165) is 18.4 Å². The molecule has 134 valence electrons. The molecule has 4 heteroatoms. The lowest BCUT2D eigenvalue weighted by Crippen LogP contribution is -2.45. The molecule has 1 heterocycles. The Kier molecular flexibility index (Phi) is 5.59. The molecule has 1 fully saturated rings. The van der Waals surface area contributed by atoms with Crippen LogP contribution < -0.4 is 0 Å². The van der Waals surface area contributed by atoms with Crippen molar-refractivity contribution in [2.75, 3.05) is 6.54 Å². The molecule has 0 saturated carbocycles. The predicted molar refractivity (Wildman–Crippen MR) is 95.8 cm³/mol. The lowest BCUT2D eigenvalue weighted by Gasteiger charge is -2.33. The van der Waals surface area contributed by atoms with Crippen LogP contribution >= 0.6 is 0 Å². The second kappa shape index (κ2) is 7.14. The number of carbonyl (C=O) groups is 1. The first-order valence-electron chi connectivity index (χ1n) is 8.82. The van der Waals surface area contributed by atoms with Crippen LogP contribution in [-0.4, -0.2) is 33.8 Å². The molecule has 1 aromatic carbocycles. The topological polar surface area (TPSA) is 49.8 Å². The fourth-order valence-electron chi connectivity index (χ4n) is 3.45. The van der Waals surface area contributed by atoms with Crippen LogP contribution in [0.2, 0.25) is 0 Å². The summed E-state index contributed by atoms with van der Waals surface area (Å²) in [5.74, 6) is 0.394. The van der Waals surface area contributed by atoms with Gasteiger partial charge in [0.1, 0.15) is 5.60 Å². The van der Waals surface area contributed by atoms with Crippen molar-refractivity contribution in [3.63, 3.8) is 0 Å². The van der Waals surface area contributed by atoms with Crippen molar-refractivity contribution in [3.05, 3.63) is 35.9 Å². The van der Waals surface area contributed by atoms with Crippen LogP contribution in [0.25, 0.3) is 0 Å². The van der Waals surface area contributed by atoms with Gasteiger partial charge in [-0.3, -0.25) is 0 Å². The Morgan fingerprint density at radius 3 is 2.54 bits per heavy atom. The number of carbonyl (C=O) groups excluding carboxylic acids is 1. The van der Waals surface area contributed by atoms with Gasteiger partial charge in [0.15, 0.2) is 0 Å². The van der Waals surface area contributed by atoms with Crippen LogP contribution in [-0.2, 0) is 4.74 Å². The maximum Gasteiger partial charge on any atom is 0.410 e. The zero-order valence-electron chi connectivity index (χ0n) is 15.6. The number of benzene rings is 1. The minimum atomic E-state index is -0.477. The third kappa shape index (κ3) is 4.97. The van der Waals surface area contributed by atoms with Gasteiger partial charge in [-0.1, -0.05) is 30.3 Å². The summed E-state index contributed by atoms with van der Waals surface area (Å²) in [6.45, 7) is 10.5. The lowest BCUT2D eigenvalue weighted by molar-refractivity contribution is 0.0130. The van der Waals surface area contributed by atoms with Crippen molar-refractivity contribution >= 4 is 6.09 Å². The van der Waals surface area contributed by atoms with Crippen molar-refractivity contribution in [1.82, 2.24) is 4.90 Å². The van der Waals surface area contributed by atoms with E-state index >= 15 is 0 Å². The summed E-state index contributed by atoms with van der Waals surface area (Å²) in [5, 5.41) is 10.3. The molecule has 0 radical (unpaired) electrons. The van der Waals surface area contributed by atoms with Gasteiger partial charge in [-0.25, -0.2) is 4.79 Å². The third-order valence-electron chi connectivity index (χ3n) is 4.61. The molecular weight excluding hydrogens is 302 g/mol. The van der Waals surface area contributed by atoms with Gasteiger partial charge in [-0.15, -0.1) is 0 Å². The third-order valence-corrected chi connectivity index (χ3v) is 4.61. The first-order chi connectivity index (χ1) is 11.1. The summed E-state index contributed by atoms with van der Waals surface area (Å²) >= 11 is 0. The van der Waals surface area contributed by atoms with Crippen LogP contribution in [0.4, 0.5) is 4.79 Å². The van der Waals surface area contributed by atoms with Crippen molar-refractivity contribution in [1.29, 1.82) is 0 Å². The van der Waals surface area contributed by atoms with E-state index in [2.05, 4.69) is 13.8 Å². The van der Waals surface area contributed by atoms with Gasteiger partial charge in [-0.05, 0) is 65.4 Å². The summed E-state index contributed by atoms with van der Waals surface area (Å²) in [5.41, 5.74) is 0.276. The van der Waals surface area contributed by atoms with Crippen molar-refractivity contribution < 1.29 is 14.6 Å². The molecule has 1 N–H and O–H groups in total. The largest absolute Gasteiger partial charge is 0.444 e. The summed E-state index contributed by atoms with van der Waals surface area (Å²) < 4.78 is 5.54. The van der Waals surface area contributed by atoms with E-state index in [1.54, 1.807) is 0 Å². The molecule has 1 aromatic rings. The number of rotatable bonds is 4. The van der Waals surface area contributed by atoms with Gasteiger partial charge in [0.05, 0.1) is 6.10 Å². The average Bonchev–Trinajstić information content (AvgIpc) is 2.79. The molecule has 2 rings (SSSR count).